The van der Waals surface area contributed by atoms with Crippen molar-refractivity contribution in [2.24, 2.45) is 0 Å². The molecule has 0 atom stereocenters. The maximum Gasteiger partial charge on any atom is 0.464 e. The zero-order chi connectivity index (χ0) is 19.1. The lowest BCUT2D eigenvalue weighted by atomic mass is 10.1. The third-order valence-electron chi connectivity index (χ3n) is 3.79. The molecule has 0 aliphatic heterocycles. The SMILES string of the molecule is C=CC(=O)NCCC[Si](CCCCCCCC)(OC(C)=O)OC(C)=O. The zero-order valence-electron chi connectivity index (χ0n) is 15.9. The van der Waals surface area contributed by atoms with Crippen molar-refractivity contribution in [3.63, 3.8) is 0 Å². The topological polar surface area (TPSA) is 81.7 Å². The van der Waals surface area contributed by atoms with Crippen LogP contribution in [0.15, 0.2) is 12.7 Å². The van der Waals surface area contributed by atoms with E-state index >= 15 is 0 Å². The molecule has 0 radical (unpaired) electrons. The standard InChI is InChI=1S/C18H33NO5Si/c1-5-7-8-9-10-11-14-25(23-16(3)20,24-17(4)21)15-12-13-19-18(22)6-2/h6H,2,5,7-15H2,1,3-4H3,(H,19,22). The second-order valence-electron chi connectivity index (χ2n) is 6.21. The van der Waals surface area contributed by atoms with Gasteiger partial charge in [-0.15, -0.1) is 0 Å². The van der Waals surface area contributed by atoms with Gasteiger partial charge >= 0.3 is 8.56 Å². The third kappa shape index (κ3) is 12.4. The van der Waals surface area contributed by atoms with Gasteiger partial charge in [0.25, 0.3) is 11.9 Å². The Hall–Kier alpha value is -1.63. The summed E-state index contributed by atoms with van der Waals surface area (Å²) in [5, 5.41) is 2.69. The first-order valence-corrected chi connectivity index (χ1v) is 11.4. The highest BCUT2D eigenvalue weighted by Crippen LogP contribution is 2.25. The molecule has 1 amide bonds. The Morgan fingerprint density at radius 1 is 0.920 bits per heavy atom. The molecule has 0 aliphatic carbocycles. The molecule has 0 aliphatic rings. The lowest BCUT2D eigenvalue weighted by Crippen LogP contribution is -2.45. The Morgan fingerprint density at radius 3 is 1.96 bits per heavy atom. The van der Waals surface area contributed by atoms with Crippen LogP contribution in [-0.4, -0.2) is 33.0 Å². The zero-order valence-corrected chi connectivity index (χ0v) is 16.9. The Labute approximate surface area is 152 Å². The highest BCUT2D eigenvalue weighted by atomic mass is 28.4. The van der Waals surface area contributed by atoms with Gasteiger partial charge in [0.15, 0.2) is 0 Å². The van der Waals surface area contributed by atoms with Crippen LogP contribution in [0.2, 0.25) is 12.1 Å². The molecule has 0 unspecified atom stereocenters. The van der Waals surface area contributed by atoms with Crippen molar-refractivity contribution in [2.45, 2.75) is 77.8 Å². The fraction of sp³-hybridized carbons (Fsp3) is 0.722. The van der Waals surface area contributed by atoms with Gasteiger partial charge in [-0.1, -0.05) is 45.6 Å². The highest BCUT2D eigenvalue weighted by Gasteiger charge is 2.42. The van der Waals surface area contributed by atoms with Crippen molar-refractivity contribution in [3.05, 3.63) is 12.7 Å². The molecular formula is C18H33NO5Si. The maximum absolute atomic E-state index is 11.5. The predicted octanol–water partition coefficient (Wildman–Crippen LogP) is 3.61. The van der Waals surface area contributed by atoms with Crippen molar-refractivity contribution in [2.75, 3.05) is 6.54 Å². The third-order valence-corrected chi connectivity index (χ3v) is 7.34. The molecule has 0 bridgehead atoms. The number of unbranched alkanes of at least 4 members (excludes halogenated alkanes) is 5. The van der Waals surface area contributed by atoms with Crippen molar-refractivity contribution in [1.82, 2.24) is 5.32 Å². The predicted molar refractivity (Wildman–Crippen MR) is 100 cm³/mol. The molecule has 0 fully saturated rings. The van der Waals surface area contributed by atoms with Crippen LogP contribution in [-0.2, 0) is 23.2 Å². The van der Waals surface area contributed by atoms with E-state index in [9.17, 15) is 14.4 Å². The van der Waals surface area contributed by atoms with E-state index in [0.717, 1.165) is 19.3 Å². The van der Waals surface area contributed by atoms with Gasteiger partial charge in [0.2, 0.25) is 5.91 Å². The minimum absolute atomic E-state index is 0.247. The second-order valence-corrected chi connectivity index (χ2v) is 9.44. The first kappa shape index (κ1) is 23.4. The van der Waals surface area contributed by atoms with Crippen LogP contribution in [0.5, 0.6) is 0 Å². The van der Waals surface area contributed by atoms with E-state index in [0.29, 0.717) is 25.1 Å². The summed E-state index contributed by atoms with van der Waals surface area (Å²) in [6.45, 7) is 8.67. The molecule has 0 rings (SSSR count). The van der Waals surface area contributed by atoms with Gasteiger partial charge in [-0.05, 0) is 18.9 Å². The van der Waals surface area contributed by atoms with Crippen LogP contribution in [0.3, 0.4) is 0 Å². The van der Waals surface area contributed by atoms with Gasteiger partial charge in [0.05, 0.1) is 0 Å². The van der Waals surface area contributed by atoms with Gasteiger partial charge in [0, 0.05) is 32.5 Å². The molecule has 0 saturated carbocycles. The first-order chi connectivity index (χ1) is 11.8. The van der Waals surface area contributed by atoms with Gasteiger partial charge < -0.3 is 14.2 Å². The summed E-state index contributed by atoms with van der Waals surface area (Å²) in [5.74, 6) is -1.09. The lowest BCUT2D eigenvalue weighted by molar-refractivity contribution is -0.139. The van der Waals surface area contributed by atoms with E-state index in [1.165, 1.54) is 39.2 Å². The van der Waals surface area contributed by atoms with Crippen LogP contribution in [0.1, 0.15) is 65.7 Å². The van der Waals surface area contributed by atoms with Crippen LogP contribution in [0, 0.1) is 0 Å². The maximum atomic E-state index is 11.5. The van der Waals surface area contributed by atoms with Crippen LogP contribution >= 0.6 is 0 Å². The highest BCUT2D eigenvalue weighted by molar-refractivity contribution is 6.70. The van der Waals surface area contributed by atoms with Gasteiger partial charge in [-0.25, -0.2) is 0 Å². The normalized spacial score (nSPS) is 10.8. The fourth-order valence-corrected chi connectivity index (χ4v) is 5.94. The number of amides is 1. The summed E-state index contributed by atoms with van der Waals surface area (Å²) < 4.78 is 11.1. The number of hydrogen-bond acceptors (Lipinski definition) is 5. The van der Waals surface area contributed by atoms with Crippen molar-refractivity contribution in [1.29, 1.82) is 0 Å². The van der Waals surface area contributed by atoms with E-state index in [1.807, 2.05) is 0 Å². The van der Waals surface area contributed by atoms with Crippen molar-refractivity contribution >= 4 is 26.4 Å². The Kier molecular flexibility index (Phi) is 12.7. The molecule has 0 aromatic heterocycles. The summed E-state index contributed by atoms with van der Waals surface area (Å²) in [6, 6.07) is 1.09. The van der Waals surface area contributed by atoms with E-state index in [-0.39, 0.29) is 5.91 Å². The largest absolute Gasteiger partial charge is 0.485 e. The molecule has 7 heteroatoms. The molecule has 1 N–H and O–H groups in total. The minimum Gasteiger partial charge on any atom is -0.485 e. The summed E-state index contributed by atoms with van der Waals surface area (Å²) in [4.78, 5) is 34.3. The Balaban J connectivity index is 4.67. The van der Waals surface area contributed by atoms with E-state index in [4.69, 9.17) is 8.85 Å². The lowest BCUT2D eigenvalue weighted by Gasteiger charge is -2.29. The van der Waals surface area contributed by atoms with E-state index < -0.39 is 20.5 Å². The molecular weight excluding hydrogens is 338 g/mol. The number of carbonyl (C=O) groups excluding carboxylic acids is 3. The summed E-state index contributed by atoms with van der Waals surface area (Å²) in [6.07, 6.45) is 8.43. The first-order valence-electron chi connectivity index (χ1n) is 9.14. The van der Waals surface area contributed by atoms with Gasteiger partial charge in [0.1, 0.15) is 0 Å². The van der Waals surface area contributed by atoms with Crippen molar-refractivity contribution in [3.8, 4) is 0 Å². The molecule has 0 heterocycles. The van der Waals surface area contributed by atoms with Crippen LogP contribution in [0.4, 0.5) is 0 Å². The minimum atomic E-state index is -2.95. The molecule has 0 aromatic rings. The monoisotopic (exact) mass is 371 g/mol. The summed E-state index contributed by atoms with van der Waals surface area (Å²) in [5.41, 5.74) is 0. The number of nitrogens with one attached hydrogen (secondary N) is 1. The van der Waals surface area contributed by atoms with Crippen molar-refractivity contribution < 1.29 is 23.2 Å². The molecule has 0 spiro atoms. The molecule has 144 valence electrons. The number of carbonyl (C=O) groups is 3. The van der Waals surface area contributed by atoms with E-state index in [2.05, 4.69) is 18.8 Å². The van der Waals surface area contributed by atoms with E-state index in [1.54, 1.807) is 0 Å². The Morgan fingerprint density at radius 2 is 1.44 bits per heavy atom. The smallest absolute Gasteiger partial charge is 0.464 e. The quantitative estimate of drug-likeness (QED) is 0.286. The molecule has 0 aromatic carbocycles. The van der Waals surface area contributed by atoms with Crippen LogP contribution in [0.25, 0.3) is 0 Å². The summed E-state index contributed by atoms with van der Waals surface area (Å²) >= 11 is 0. The summed E-state index contributed by atoms with van der Waals surface area (Å²) in [7, 11) is -2.95. The van der Waals surface area contributed by atoms with Crippen LogP contribution < -0.4 is 5.32 Å². The number of rotatable bonds is 14. The molecule has 25 heavy (non-hydrogen) atoms. The molecule has 6 nitrogen and oxygen atoms in total. The Bertz CT molecular complexity index is 423. The number of hydrogen-bond donors (Lipinski definition) is 1. The van der Waals surface area contributed by atoms with Gasteiger partial charge in [-0.3, -0.25) is 14.4 Å². The average Bonchev–Trinajstić information content (AvgIpc) is 2.53. The second kappa shape index (κ2) is 13.6. The fourth-order valence-electron chi connectivity index (χ4n) is 2.69. The molecule has 0 saturated heterocycles. The van der Waals surface area contributed by atoms with Gasteiger partial charge in [-0.2, -0.15) is 0 Å². The average molecular weight is 372 g/mol.